The summed E-state index contributed by atoms with van der Waals surface area (Å²) in [6.07, 6.45) is 0.0950. The number of anilines is 1. The molecule has 0 aliphatic carbocycles. The molecule has 0 fully saturated rings. The predicted octanol–water partition coefficient (Wildman–Crippen LogP) is 1.79. The van der Waals surface area contributed by atoms with Gasteiger partial charge >= 0.3 is 0 Å². The van der Waals surface area contributed by atoms with Crippen LogP contribution in [0.1, 0.15) is 24.2 Å². The Bertz CT molecular complexity index is 489. The van der Waals surface area contributed by atoms with Gasteiger partial charge in [0.15, 0.2) is 0 Å². The summed E-state index contributed by atoms with van der Waals surface area (Å²) < 4.78 is 5.31. The number of rotatable bonds is 7. The van der Waals surface area contributed by atoms with Gasteiger partial charge in [-0.05, 0) is 19.9 Å². The fourth-order valence-corrected chi connectivity index (χ4v) is 1.61. The van der Waals surface area contributed by atoms with Crippen LogP contribution < -0.4 is 10.6 Å². The Morgan fingerprint density at radius 3 is 2.70 bits per heavy atom. The summed E-state index contributed by atoms with van der Waals surface area (Å²) in [6.45, 7) is 4.55. The summed E-state index contributed by atoms with van der Waals surface area (Å²) in [4.78, 5) is 22.2. The molecule has 7 nitrogen and oxygen atoms in total. The molecule has 1 rings (SSSR count). The van der Waals surface area contributed by atoms with E-state index in [0.717, 1.165) is 0 Å². The molecule has 0 saturated carbocycles. The monoisotopic (exact) mass is 281 g/mol. The third kappa shape index (κ3) is 4.51. The quantitative estimate of drug-likeness (QED) is 0.451. The van der Waals surface area contributed by atoms with Crippen LogP contribution in [0.25, 0.3) is 0 Å². The number of ether oxygens (including phenoxy) is 1. The van der Waals surface area contributed by atoms with Crippen molar-refractivity contribution in [3.05, 3.63) is 33.9 Å². The molecule has 0 spiro atoms. The van der Waals surface area contributed by atoms with Crippen LogP contribution in [0.15, 0.2) is 18.2 Å². The summed E-state index contributed by atoms with van der Waals surface area (Å²) in [5, 5.41) is 16.2. The van der Waals surface area contributed by atoms with Crippen LogP contribution >= 0.6 is 0 Å². The zero-order valence-corrected chi connectivity index (χ0v) is 11.8. The normalized spacial score (nSPS) is 10.4. The third-order valence-electron chi connectivity index (χ3n) is 2.57. The van der Waals surface area contributed by atoms with E-state index in [9.17, 15) is 14.9 Å². The standard InChI is InChI=1S/C13H19N3O4/c1-9(2)20-7-6-15-13(17)11-8-10(16(18)19)4-5-12(11)14-3/h4-5,8-9,14H,6-7H2,1-3H3,(H,15,17). The average Bonchev–Trinajstić information content (AvgIpc) is 2.42. The molecular weight excluding hydrogens is 262 g/mol. The molecular formula is C13H19N3O4. The largest absolute Gasteiger partial charge is 0.387 e. The zero-order chi connectivity index (χ0) is 15.1. The van der Waals surface area contributed by atoms with E-state index in [0.29, 0.717) is 18.8 Å². The van der Waals surface area contributed by atoms with Crippen LogP contribution in [0.2, 0.25) is 0 Å². The Kier molecular flexibility index (Phi) is 5.92. The number of nitrogens with one attached hydrogen (secondary N) is 2. The Morgan fingerprint density at radius 2 is 2.15 bits per heavy atom. The van der Waals surface area contributed by atoms with Gasteiger partial charge in [0.1, 0.15) is 0 Å². The molecule has 0 saturated heterocycles. The van der Waals surface area contributed by atoms with Crippen LogP contribution in [0.4, 0.5) is 11.4 Å². The van der Waals surface area contributed by atoms with Crippen LogP contribution in [0.5, 0.6) is 0 Å². The first-order chi connectivity index (χ1) is 9.45. The van der Waals surface area contributed by atoms with Gasteiger partial charge in [-0.15, -0.1) is 0 Å². The lowest BCUT2D eigenvalue weighted by Crippen LogP contribution is -2.28. The van der Waals surface area contributed by atoms with Crippen LogP contribution in [0, 0.1) is 10.1 Å². The highest BCUT2D eigenvalue weighted by molar-refractivity contribution is 6.00. The van der Waals surface area contributed by atoms with E-state index >= 15 is 0 Å². The predicted molar refractivity (Wildman–Crippen MR) is 76.1 cm³/mol. The summed E-state index contributed by atoms with van der Waals surface area (Å²) in [5.41, 5.74) is 0.664. The fraction of sp³-hybridized carbons (Fsp3) is 0.462. The Balaban J connectivity index is 2.74. The van der Waals surface area contributed by atoms with Crippen molar-refractivity contribution in [1.82, 2.24) is 5.32 Å². The number of non-ortho nitro benzene ring substituents is 1. The molecule has 110 valence electrons. The molecule has 0 radical (unpaired) electrons. The maximum atomic E-state index is 12.0. The number of benzene rings is 1. The molecule has 0 heterocycles. The number of carbonyl (C=O) groups excluding carboxylic acids is 1. The number of nitro groups is 1. The Hall–Kier alpha value is -2.15. The highest BCUT2D eigenvalue weighted by atomic mass is 16.6. The van der Waals surface area contributed by atoms with Crippen molar-refractivity contribution in [3.63, 3.8) is 0 Å². The lowest BCUT2D eigenvalue weighted by atomic mass is 10.1. The maximum Gasteiger partial charge on any atom is 0.270 e. The summed E-state index contributed by atoms with van der Waals surface area (Å²) >= 11 is 0. The van der Waals surface area contributed by atoms with Crippen molar-refractivity contribution < 1.29 is 14.5 Å². The molecule has 1 aromatic rings. The number of hydrogen-bond donors (Lipinski definition) is 2. The molecule has 0 aromatic heterocycles. The first-order valence-corrected chi connectivity index (χ1v) is 6.31. The molecule has 0 bridgehead atoms. The first-order valence-electron chi connectivity index (χ1n) is 6.31. The van der Waals surface area contributed by atoms with E-state index in [2.05, 4.69) is 10.6 Å². The minimum atomic E-state index is -0.530. The van der Waals surface area contributed by atoms with Crippen LogP contribution in [-0.2, 0) is 4.74 Å². The first kappa shape index (κ1) is 15.9. The number of hydrogen-bond acceptors (Lipinski definition) is 5. The van der Waals surface area contributed by atoms with Gasteiger partial charge in [0.2, 0.25) is 0 Å². The molecule has 0 atom stereocenters. The van der Waals surface area contributed by atoms with Gasteiger partial charge in [0.05, 0.1) is 23.2 Å². The number of nitro benzene ring substituents is 1. The lowest BCUT2D eigenvalue weighted by molar-refractivity contribution is -0.384. The van der Waals surface area contributed by atoms with E-state index in [4.69, 9.17) is 4.74 Å². The molecule has 2 N–H and O–H groups in total. The van der Waals surface area contributed by atoms with E-state index in [1.54, 1.807) is 7.05 Å². The van der Waals surface area contributed by atoms with E-state index in [-0.39, 0.29) is 23.3 Å². The second-order valence-corrected chi connectivity index (χ2v) is 4.41. The fourth-order valence-electron chi connectivity index (χ4n) is 1.61. The summed E-state index contributed by atoms with van der Waals surface area (Å²) in [7, 11) is 1.65. The number of nitrogens with zero attached hydrogens (tertiary/aromatic N) is 1. The summed E-state index contributed by atoms with van der Waals surface area (Å²) in [5.74, 6) is -0.370. The van der Waals surface area contributed by atoms with Gasteiger partial charge in [-0.1, -0.05) is 0 Å². The lowest BCUT2D eigenvalue weighted by Gasteiger charge is -2.11. The molecule has 0 aliphatic heterocycles. The molecule has 0 aliphatic rings. The van der Waals surface area contributed by atoms with Crippen LogP contribution in [-0.4, -0.2) is 37.1 Å². The molecule has 1 aromatic carbocycles. The second-order valence-electron chi connectivity index (χ2n) is 4.41. The van der Waals surface area contributed by atoms with Crippen molar-refractivity contribution in [2.45, 2.75) is 20.0 Å². The smallest absolute Gasteiger partial charge is 0.270 e. The van der Waals surface area contributed by atoms with Gasteiger partial charge in [-0.25, -0.2) is 0 Å². The SMILES string of the molecule is CNc1ccc([N+](=O)[O-])cc1C(=O)NCCOC(C)C. The molecule has 1 amide bonds. The van der Waals surface area contributed by atoms with Crippen molar-refractivity contribution >= 4 is 17.3 Å². The molecule has 20 heavy (non-hydrogen) atoms. The van der Waals surface area contributed by atoms with Gasteiger partial charge in [0, 0.05) is 31.4 Å². The Morgan fingerprint density at radius 1 is 1.45 bits per heavy atom. The van der Waals surface area contributed by atoms with E-state index in [1.807, 2.05) is 13.8 Å². The van der Waals surface area contributed by atoms with Crippen molar-refractivity contribution in [1.29, 1.82) is 0 Å². The molecule has 7 heteroatoms. The molecule has 0 unspecified atom stereocenters. The minimum Gasteiger partial charge on any atom is -0.387 e. The zero-order valence-electron chi connectivity index (χ0n) is 11.8. The number of carbonyl (C=O) groups is 1. The third-order valence-corrected chi connectivity index (χ3v) is 2.57. The number of amides is 1. The highest BCUT2D eigenvalue weighted by Gasteiger charge is 2.15. The van der Waals surface area contributed by atoms with Crippen LogP contribution in [0.3, 0.4) is 0 Å². The minimum absolute atomic E-state index is 0.0950. The topological polar surface area (TPSA) is 93.5 Å². The second kappa shape index (κ2) is 7.44. The Labute approximate surface area is 117 Å². The van der Waals surface area contributed by atoms with Crippen molar-refractivity contribution in [2.75, 3.05) is 25.5 Å². The maximum absolute atomic E-state index is 12.0. The highest BCUT2D eigenvalue weighted by Crippen LogP contribution is 2.21. The van der Waals surface area contributed by atoms with E-state index < -0.39 is 4.92 Å². The van der Waals surface area contributed by atoms with E-state index in [1.165, 1.54) is 18.2 Å². The van der Waals surface area contributed by atoms with Gasteiger partial charge in [-0.3, -0.25) is 14.9 Å². The van der Waals surface area contributed by atoms with Gasteiger partial charge < -0.3 is 15.4 Å². The average molecular weight is 281 g/mol. The van der Waals surface area contributed by atoms with Gasteiger partial charge in [-0.2, -0.15) is 0 Å². The van der Waals surface area contributed by atoms with Crippen molar-refractivity contribution in [2.24, 2.45) is 0 Å². The van der Waals surface area contributed by atoms with Crippen molar-refractivity contribution in [3.8, 4) is 0 Å². The summed E-state index contributed by atoms with van der Waals surface area (Å²) in [6, 6.07) is 4.12. The van der Waals surface area contributed by atoms with Gasteiger partial charge in [0.25, 0.3) is 11.6 Å².